The Balaban J connectivity index is 0.00000220. The first-order chi connectivity index (χ1) is 9.23. The van der Waals surface area contributed by atoms with Crippen LogP contribution in [-0.2, 0) is 6.18 Å². The van der Waals surface area contributed by atoms with Crippen LogP contribution in [0.2, 0.25) is 0 Å². The fraction of sp³-hybridized carbons (Fsp3) is 0.0769. The molecule has 0 saturated heterocycles. The summed E-state index contributed by atoms with van der Waals surface area (Å²) in [4.78, 5) is 0. The summed E-state index contributed by atoms with van der Waals surface area (Å²) in [5.41, 5.74) is -3.31. The molecular formula is C13H4F7Li. The molecule has 0 unspecified atom stereocenters. The third-order valence-corrected chi connectivity index (χ3v) is 2.57. The molecule has 0 fully saturated rings. The molecule has 0 radical (unpaired) electrons. The standard InChI is InChI=1S/C13H4F7.Li/c14-9-3-1-2-6(10(9)15)7-4-5-8(13(18,19)20)12(17)11(7)16;/h1-2,4-5H;/q-1;+1. The van der Waals surface area contributed by atoms with Gasteiger partial charge in [0.05, 0.1) is 11.4 Å². The van der Waals surface area contributed by atoms with Gasteiger partial charge in [0.1, 0.15) is 0 Å². The maximum atomic E-state index is 13.6. The van der Waals surface area contributed by atoms with Crippen molar-refractivity contribution in [1.82, 2.24) is 0 Å². The van der Waals surface area contributed by atoms with Gasteiger partial charge in [0.15, 0.2) is 11.6 Å². The summed E-state index contributed by atoms with van der Waals surface area (Å²) in [6.45, 7) is 0. The number of rotatable bonds is 1. The summed E-state index contributed by atoms with van der Waals surface area (Å²) in [5.74, 6) is -7.03. The fourth-order valence-electron chi connectivity index (χ4n) is 1.64. The van der Waals surface area contributed by atoms with Crippen molar-refractivity contribution >= 4 is 0 Å². The minimum Gasteiger partial charge on any atom is -0.281 e. The van der Waals surface area contributed by atoms with Gasteiger partial charge in [0.25, 0.3) is 0 Å². The Hall–Kier alpha value is -1.45. The van der Waals surface area contributed by atoms with Crippen molar-refractivity contribution in [1.29, 1.82) is 0 Å². The number of alkyl halides is 3. The van der Waals surface area contributed by atoms with E-state index in [0.717, 1.165) is 12.1 Å². The number of hydrogen-bond acceptors (Lipinski definition) is 0. The minimum atomic E-state index is -5.09. The van der Waals surface area contributed by atoms with Gasteiger partial charge in [-0.05, 0) is 11.6 Å². The Labute approximate surface area is 126 Å². The Kier molecular flexibility index (Phi) is 5.13. The maximum Gasteiger partial charge on any atom is 1.00 e. The number of hydrogen-bond donors (Lipinski definition) is 0. The maximum absolute atomic E-state index is 13.6. The number of benzene rings is 2. The van der Waals surface area contributed by atoms with Crippen LogP contribution >= 0.6 is 0 Å². The molecule has 0 aliphatic rings. The summed E-state index contributed by atoms with van der Waals surface area (Å²) < 4.78 is 90.4. The molecule has 21 heavy (non-hydrogen) atoms. The molecule has 0 heterocycles. The summed E-state index contributed by atoms with van der Waals surface area (Å²) in [5, 5.41) is 0. The number of halogens is 7. The second-order valence-corrected chi connectivity index (χ2v) is 3.81. The monoisotopic (exact) mass is 300 g/mol. The Bertz CT molecular complexity index is 664. The van der Waals surface area contributed by atoms with Gasteiger partial charge in [-0.2, -0.15) is 25.3 Å². The zero-order valence-corrected chi connectivity index (χ0v) is 10.5. The molecule has 0 atom stereocenters. The van der Waals surface area contributed by atoms with Crippen molar-refractivity contribution in [2.75, 3.05) is 0 Å². The minimum absolute atomic E-state index is 0. The molecule has 2 aromatic rings. The van der Waals surface area contributed by atoms with Crippen molar-refractivity contribution in [3.05, 3.63) is 59.2 Å². The van der Waals surface area contributed by atoms with Crippen LogP contribution in [-0.4, -0.2) is 0 Å². The first-order valence-electron chi connectivity index (χ1n) is 5.14. The van der Waals surface area contributed by atoms with E-state index >= 15 is 0 Å². The van der Waals surface area contributed by atoms with Crippen molar-refractivity contribution in [2.24, 2.45) is 0 Å². The Morgan fingerprint density at radius 2 is 1.33 bits per heavy atom. The first-order valence-corrected chi connectivity index (χ1v) is 5.14. The molecule has 0 aliphatic heterocycles. The summed E-state index contributed by atoms with van der Waals surface area (Å²) in [7, 11) is 0. The van der Waals surface area contributed by atoms with Crippen molar-refractivity contribution in [3.8, 4) is 11.1 Å². The van der Waals surface area contributed by atoms with Crippen LogP contribution in [0.1, 0.15) is 5.56 Å². The molecule has 0 spiro atoms. The van der Waals surface area contributed by atoms with Gasteiger partial charge in [-0.3, -0.25) is 4.39 Å². The van der Waals surface area contributed by atoms with Crippen LogP contribution in [0.15, 0.2) is 24.3 Å². The molecule has 106 valence electrons. The van der Waals surface area contributed by atoms with E-state index in [2.05, 4.69) is 0 Å². The van der Waals surface area contributed by atoms with Crippen LogP contribution in [0.4, 0.5) is 30.7 Å². The zero-order chi connectivity index (χ0) is 15.1. The molecule has 0 saturated carbocycles. The van der Waals surface area contributed by atoms with E-state index in [-0.39, 0.29) is 24.9 Å². The van der Waals surface area contributed by atoms with Gasteiger partial charge in [-0.25, -0.2) is 13.2 Å². The smallest absolute Gasteiger partial charge is 0.281 e. The van der Waals surface area contributed by atoms with E-state index in [4.69, 9.17) is 0 Å². The van der Waals surface area contributed by atoms with Crippen molar-refractivity contribution in [3.63, 3.8) is 0 Å². The van der Waals surface area contributed by atoms with Gasteiger partial charge >= 0.3 is 25.0 Å². The molecule has 0 bridgehead atoms. The largest absolute Gasteiger partial charge is 1.00 e. The third kappa shape index (κ3) is 3.25. The van der Waals surface area contributed by atoms with Crippen LogP contribution < -0.4 is 18.9 Å². The molecule has 8 heteroatoms. The van der Waals surface area contributed by atoms with Gasteiger partial charge in [-0.15, -0.1) is 6.07 Å². The summed E-state index contributed by atoms with van der Waals surface area (Å²) in [6.07, 6.45) is -5.09. The van der Waals surface area contributed by atoms with Crippen LogP contribution in [0, 0.1) is 29.3 Å². The normalized spacial score (nSPS) is 11.2. The van der Waals surface area contributed by atoms with Gasteiger partial charge in [-0.1, -0.05) is 11.6 Å². The van der Waals surface area contributed by atoms with Gasteiger partial charge < -0.3 is 0 Å². The van der Waals surface area contributed by atoms with E-state index in [0.29, 0.717) is 6.07 Å². The third-order valence-electron chi connectivity index (χ3n) is 2.57. The topological polar surface area (TPSA) is 0 Å². The quantitative estimate of drug-likeness (QED) is 0.427. The second-order valence-electron chi connectivity index (χ2n) is 3.81. The van der Waals surface area contributed by atoms with E-state index in [9.17, 15) is 30.7 Å². The molecule has 0 aliphatic carbocycles. The average molecular weight is 300 g/mol. The zero-order valence-electron chi connectivity index (χ0n) is 10.5. The Morgan fingerprint density at radius 3 is 1.90 bits per heavy atom. The predicted molar refractivity (Wildman–Crippen MR) is 55.5 cm³/mol. The molecule has 2 aromatic carbocycles. The van der Waals surface area contributed by atoms with Crippen LogP contribution in [0.25, 0.3) is 11.1 Å². The van der Waals surface area contributed by atoms with E-state index in [1.807, 2.05) is 6.07 Å². The van der Waals surface area contributed by atoms with Crippen LogP contribution in [0.3, 0.4) is 0 Å². The molecule has 0 amide bonds. The van der Waals surface area contributed by atoms with Crippen LogP contribution in [0.5, 0.6) is 0 Å². The van der Waals surface area contributed by atoms with E-state index in [1.54, 1.807) is 0 Å². The molecule has 0 aromatic heterocycles. The predicted octanol–water partition coefficient (Wildman–Crippen LogP) is 1.73. The average Bonchev–Trinajstić information content (AvgIpc) is 2.35. The fourth-order valence-corrected chi connectivity index (χ4v) is 1.64. The Morgan fingerprint density at radius 1 is 0.762 bits per heavy atom. The second kappa shape index (κ2) is 6.12. The molecule has 2 rings (SSSR count). The summed E-state index contributed by atoms with van der Waals surface area (Å²) in [6, 6.07) is 4.43. The van der Waals surface area contributed by atoms with Crippen molar-refractivity contribution < 1.29 is 49.6 Å². The van der Waals surface area contributed by atoms with Gasteiger partial charge in [0.2, 0.25) is 0 Å². The molecule has 0 N–H and O–H groups in total. The van der Waals surface area contributed by atoms with E-state index < -0.39 is 46.1 Å². The van der Waals surface area contributed by atoms with Gasteiger partial charge in [0, 0.05) is 5.82 Å². The van der Waals surface area contributed by atoms with E-state index in [1.165, 1.54) is 0 Å². The molecular weight excluding hydrogens is 296 g/mol. The van der Waals surface area contributed by atoms with Crippen molar-refractivity contribution in [2.45, 2.75) is 6.18 Å². The SMILES string of the molecule is Fc1[c-]ccc(-c2ccc(C(F)(F)F)c(F)c2F)c1F.[Li+]. The first kappa shape index (κ1) is 17.6. The molecule has 0 nitrogen and oxygen atoms in total. The summed E-state index contributed by atoms with van der Waals surface area (Å²) >= 11 is 0.